The Kier molecular flexibility index (Phi) is 4.74. The molecule has 1 aliphatic heterocycles. The Bertz CT molecular complexity index is 1000. The zero-order chi connectivity index (χ0) is 20.6. The Morgan fingerprint density at radius 1 is 1.14 bits per heavy atom. The third-order valence-corrected chi connectivity index (χ3v) is 5.54. The molecule has 1 aliphatic carbocycles. The summed E-state index contributed by atoms with van der Waals surface area (Å²) in [4.78, 5) is 35.7. The highest BCUT2D eigenvalue weighted by Gasteiger charge is 2.43. The highest BCUT2D eigenvalue weighted by atomic mass is 16.5. The molecule has 2 atom stereocenters. The second kappa shape index (κ2) is 7.24. The predicted molar refractivity (Wildman–Crippen MR) is 107 cm³/mol. The van der Waals surface area contributed by atoms with Gasteiger partial charge in [0.2, 0.25) is 5.91 Å². The van der Waals surface area contributed by atoms with E-state index < -0.39 is 17.5 Å². The molecule has 1 heterocycles. The van der Waals surface area contributed by atoms with E-state index in [0.717, 1.165) is 29.7 Å². The molecule has 7 heteroatoms. The third-order valence-electron chi connectivity index (χ3n) is 5.54. The van der Waals surface area contributed by atoms with E-state index in [9.17, 15) is 14.4 Å². The van der Waals surface area contributed by atoms with E-state index >= 15 is 0 Å². The van der Waals surface area contributed by atoms with Gasteiger partial charge >= 0.3 is 6.03 Å². The van der Waals surface area contributed by atoms with E-state index in [-0.39, 0.29) is 18.4 Å². The molecule has 2 unspecified atom stereocenters. The average Bonchev–Trinajstić information content (AvgIpc) is 3.19. The lowest BCUT2D eigenvalue weighted by Crippen LogP contribution is -2.49. The lowest BCUT2D eigenvalue weighted by Gasteiger charge is -2.21. The third kappa shape index (κ3) is 3.81. The van der Waals surface area contributed by atoms with Crippen molar-refractivity contribution in [2.24, 2.45) is 0 Å². The number of benzene rings is 2. The Morgan fingerprint density at radius 3 is 2.62 bits per heavy atom. The Labute approximate surface area is 168 Å². The number of fused-ring (bicyclic) bond motifs is 1. The maximum atomic E-state index is 12.5. The number of amides is 4. The standard InChI is InChI=1S/C22H23N3O4/c1-22(20(27)24-21(28)25-22)12-19(26)23-17-9-15-7-6-14(8-16(15)10-17)13-4-3-5-18(11-13)29-2/h3-8,11,17H,9-10,12H2,1-2H3,(H,23,26)(H2,24,25,27,28). The number of carbonyl (C=O) groups excluding carboxylic acids is 3. The van der Waals surface area contributed by atoms with Crippen LogP contribution in [0.5, 0.6) is 5.75 Å². The van der Waals surface area contributed by atoms with E-state index in [1.165, 1.54) is 11.1 Å². The molecule has 0 bridgehead atoms. The fourth-order valence-corrected chi connectivity index (χ4v) is 4.01. The molecule has 2 aliphatic rings. The van der Waals surface area contributed by atoms with Gasteiger partial charge in [-0.2, -0.15) is 0 Å². The van der Waals surface area contributed by atoms with Crippen molar-refractivity contribution in [1.29, 1.82) is 0 Å². The van der Waals surface area contributed by atoms with Crippen molar-refractivity contribution in [3.05, 3.63) is 53.6 Å². The second-order valence-corrected chi connectivity index (χ2v) is 7.81. The monoisotopic (exact) mass is 393 g/mol. The fraction of sp³-hybridized carbons (Fsp3) is 0.318. The molecule has 0 radical (unpaired) electrons. The summed E-state index contributed by atoms with van der Waals surface area (Å²) >= 11 is 0. The van der Waals surface area contributed by atoms with Crippen LogP contribution < -0.4 is 20.7 Å². The van der Waals surface area contributed by atoms with Gasteiger partial charge in [0.15, 0.2) is 0 Å². The van der Waals surface area contributed by atoms with E-state index in [0.29, 0.717) is 0 Å². The fourth-order valence-electron chi connectivity index (χ4n) is 4.01. The first-order chi connectivity index (χ1) is 13.9. The molecule has 150 valence electrons. The van der Waals surface area contributed by atoms with Crippen LogP contribution in [0.1, 0.15) is 24.5 Å². The van der Waals surface area contributed by atoms with Gasteiger partial charge in [0.25, 0.3) is 5.91 Å². The molecule has 2 aromatic carbocycles. The number of hydrogen-bond acceptors (Lipinski definition) is 4. The normalized spacial score (nSPS) is 22.6. The van der Waals surface area contributed by atoms with E-state index in [4.69, 9.17) is 4.74 Å². The highest BCUT2D eigenvalue weighted by Crippen LogP contribution is 2.30. The van der Waals surface area contributed by atoms with Crippen LogP contribution >= 0.6 is 0 Å². The van der Waals surface area contributed by atoms with Crippen LogP contribution in [-0.4, -0.2) is 36.5 Å². The van der Waals surface area contributed by atoms with Crippen molar-refractivity contribution < 1.29 is 19.1 Å². The molecule has 4 rings (SSSR count). The van der Waals surface area contributed by atoms with Crippen molar-refractivity contribution in [2.75, 3.05) is 7.11 Å². The lowest BCUT2D eigenvalue weighted by molar-refractivity contribution is -0.129. The summed E-state index contributed by atoms with van der Waals surface area (Å²) in [6.45, 7) is 1.55. The van der Waals surface area contributed by atoms with Crippen LogP contribution in [0.3, 0.4) is 0 Å². The maximum absolute atomic E-state index is 12.5. The van der Waals surface area contributed by atoms with Gasteiger partial charge in [0.05, 0.1) is 13.5 Å². The van der Waals surface area contributed by atoms with Crippen LogP contribution in [0.4, 0.5) is 4.79 Å². The minimum atomic E-state index is -1.20. The van der Waals surface area contributed by atoms with Crippen LogP contribution in [0.15, 0.2) is 42.5 Å². The Hall–Kier alpha value is -3.35. The number of hydrogen-bond donors (Lipinski definition) is 3. The summed E-state index contributed by atoms with van der Waals surface area (Å²) in [7, 11) is 1.65. The predicted octanol–water partition coefficient (Wildman–Crippen LogP) is 1.93. The maximum Gasteiger partial charge on any atom is 0.322 e. The van der Waals surface area contributed by atoms with Gasteiger partial charge in [0, 0.05) is 6.04 Å². The molecular weight excluding hydrogens is 370 g/mol. The molecule has 2 aromatic rings. The largest absolute Gasteiger partial charge is 0.497 e. The zero-order valence-corrected chi connectivity index (χ0v) is 16.4. The molecule has 29 heavy (non-hydrogen) atoms. The number of urea groups is 1. The SMILES string of the molecule is COc1cccc(-c2ccc3c(c2)CC(NC(=O)CC2(C)NC(=O)NC2=O)C3)c1. The molecule has 1 saturated heterocycles. The number of ether oxygens (including phenoxy) is 1. The van der Waals surface area contributed by atoms with Crippen molar-refractivity contribution in [1.82, 2.24) is 16.0 Å². The Balaban J connectivity index is 1.42. The van der Waals surface area contributed by atoms with Crippen LogP contribution in [-0.2, 0) is 22.4 Å². The second-order valence-electron chi connectivity index (χ2n) is 7.81. The van der Waals surface area contributed by atoms with Crippen LogP contribution in [0.2, 0.25) is 0 Å². The lowest BCUT2D eigenvalue weighted by atomic mass is 9.97. The van der Waals surface area contributed by atoms with Crippen molar-refractivity contribution in [2.45, 2.75) is 37.8 Å². The van der Waals surface area contributed by atoms with E-state index in [1.807, 2.05) is 24.3 Å². The minimum absolute atomic E-state index is 0.0261. The van der Waals surface area contributed by atoms with Crippen LogP contribution in [0, 0.1) is 0 Å². The molecule has 0 aromatic heterocycles. The molecule has 1 fully saturated rings. The quantitative estimate of drug-likeness (QED) is 0.677. The molecular formula is C22H23N3O4. The van der Waals surface area contributed by atoms with Crippen molar-refractivity contribution >= 4 is 17.8 Å². The van der Waals surface area contributed by atoms with Gasteiger partial charge in [0.1, 0.15) is 11.3 Å². The topological polar surface area (TPSA) is 96.5 Å². The Morgan fingerprint density at radius 2 is 1.90 bits per heavy atom. The van der Waals surface area contributed by atoms with Gasteiger partial charge < -0.3 is 15.4 Å². The molecule has 7 nitrogen and oxygen atoms in total. The highest BCUT2D eigenvalue weighted by molar-refractivity contribution is 6.08. The van der Waals surface area contributed by atoms with E-state index in [1.54, 1.807) is 14.0 Å². The average molecular weight is 393 g/mol. The van der Waals surface area contributed by atoms with E-state index in [2.05, 4.69) is 34.1 Å². The van der Waals surface area contributed by atoms with Crippen molar-refractivity contribution in [3.8, 4) is 16.9 Å². The summed E-state index contributed by atoms with van der Waals surface area (Å²) < 4.78 is 5.30. The number of imide groups is 1. The smallest absolute Gasteiger partial charge is 0.322 e. The summed E-state index contributed by atoms with van der Waals surface area (Å²) in [6, 6.07) is 13.7. The first-order valence-corrected chi connectivity index (χ1v) is 9.55. The van der Waals surface area contributed by atoms with Crippen molar-refractivity contribution in [3.63, 3.8) is 0 Å². The number of carbonyl (C=O) groups is 3. The number of rotatable bonds is 5. The summed E-state index contributed by atoms with van der Waals surface area (Å²) in [5, 5.41) is 7.69. The zero-order valence-electron chi connectivity index (χ0n) is 16.4. The van der Waals surface area contributed by atoms with Gasteiger partial charge in [-0.25, -0.2) is 4.79 Å². The van der Waals surface area contributed by atoms with Crippen LogP contribution in [0.25, 0.3) is 11.1 Å². The first-order valence-electron chi connectivity index (χ1n) is 9.55. The van der Waals surface area contributed by atoms with Gasteiger partial charge in [-0.15, -0.1) is 0 Å². The summed E-state index contributed by atoms with van der Waals surface area (Å²) in [6.07, 6.45) is 1.38. The summed E-state index contributed by atoms with van der Waals surface area (Å²) in [5.74, 6) is 0.0793. The number of methoxy groups -OCH3 is 1. The van der Waals surface area contributed by atoms with Gasteiger partial charge in [-0.05, 0) is 54.2 Å². The molecule has 3 N–H and O–H groups in total. The minimum Gasteiger partial charge on any atom is -0.497 e. The van der Waals surface area contributed by atoms with Gasteiger partial charge in [-0.1, -0.05) is 30.3 Å². The van der Waals surface area contributed by atoms with Gasteiger partial charge in [-0.3, -0.25) is 14.9 Å². The molecule has 4 amide bonds. The first kappa shape index (κ1) is 19.0. The molecule has 0 spiro atoms. The molecule has 0 saturated carbocycles. The summed E-state index contributed by atoms with van der Waals surface area (Å²) in [5.41, 5.74) is 3.39. The number of nitrogens with one attached hydrogen (secondary N) is 3.